The molecule has 0 spiro atoms. The number of piperidine rings is 1. The number of anilines is 1. The van der Waals surface area contributed by atoms with Gasteiger partial charge in [-0.1, -0.05) is 12.5 Å². The van der Waals surface area contributed by atoms with E-state index >= 15 is 0 Å². The predicted molar refractivity (Wildman–Crippen MR) is 115 cm³/mol. The van der Waals surface area contributed by atoms with Crippen molar-refractivity contribution in [1.29, 1.82) is 0 Å². The number of rotatable bonds is 4. The molecule has 0 saturated carbocycles. The molecule has 1 amide bonds. The molecule has 1 aliphatic heterocycles. The fraction of sp³-hybridized carbons (Fsp3) is 0.400. The molecule has 1 N–H and O–H groups in total. The van der Waals surface area contributed by atoms with E-state index in [9.17, 15) is 13.2 Å². The average molecular weight is 433 g/mol. The third kappa shape index (κ3) is 3.70. The minimum atomic E-state index is -3.57. The maximum Gasteiger partial charge on any atom is 0.265 e. The van der Waals surface area contributed by atoms with E-state index < -0.39 is 10.0 Å². The van der Waals surface area contributed by atoms with Crippen molar-refractivity contribution in [3.63, 3.8) is 0 Å². The molecule has 1 saturated heterocycles. The van der Waals surface area contributed by atoms with E-state index in [0.29, 0.717) is 29.2 Å². The lowest BCUT2D eigenvalue weighted by Gasteiger charge is -2.26. The molecule has 154 valence electrons. The minimum absolute atomic E-state index is 0.254. The minimum Gasteiger partial charge on any atom is -0.321 e. The first-order valence-electron chi connectivity index (χ1n) is 9.62. The molecule has 9 heteroatoms. The van der Waals surface area contributed by atoms with Gasteiger partial charge in [-0.25, -0.2) is 8.42 Å². The number of nitrogens with zero attached hydrogens (tertiary/aromatic N) is 3. The standard InChI is InChI=1S/C20H24N4O3S2/c1-13-7-8-15(11-18(13)29(26,27)24-9-5-4-6-10-24)21-19(25)17-12-16-14(2)22-23(3)20(16)28-17/h7-8,11-12H,4-6,9-10H2,1-3H3,(H,21,25). The number of fused-ring (bicyclic) bond motifs is 1. The molecule has 0 radical (unpaired) electrons. The zero-order chi connectivity index (χ0) is 20.8. The van der Waals surface area contributed by atoms with E-state index in [-0.39, 0.29) is 10.8 Å². The summed E-state index contributed by atoms with van der Waals surface area (Å²) in [7, 11) is -1.71. The lowest BCUT2D eigenvalue weighted by molar-refractivity contribution is 0.103. The molecular weight excluding hydrogens is 408 g/mol. The molecule has 0 atom stereocenters. The van der Waals surface area contributed by atoms with Gasteiger partial charge < -0.3 is 5.32 Å². The normalized spacial score (nSPS) is 15.7. The van der Waals surface area contributed by atoms with E-state index in [4.69, 9.17) is 0 Å². The molecule has 1 fully saturated rings. The van der Waals surface area contributed by atoms with Gasteiger partial charge in [0.05, 0.1) is 15.5 Å². The van der Waals surface area contributed by atoms with Gasteiger partial charge in [-0.3, -0.25) is 9.48 Å². The number of hydrogen-bond donors (Lipinski definition) is 1. The smallest absolute Gasteiger partial charge is 0.265 e. The number of aryl methyl sites for hydroxylation is 3. The van der Waals surface area contributed by atoms with Gasteiger partial charge in [0.25, 0.3) is 5.91 Å². The zero-order valence-electron chi connectivity index (χ0n) is 16.7. The Morgan fingerprint density at radius 1 is 1.14 bits per heavy atom. The fourth-order valence-electron chi connectivity index (χ4n) is 3.71. The highest BCUT2D eigenvalue weighted by Crippen LogP contribution is 2.29. The highest BCUT2D eigenvalue weighted by Gasteiger charge is 2.27. The van der Waals surface area contributed by atoms with Crippen LogP contribution >= 0.6 is 11.3 Å². The van der Waals surface area contributed by atoms with E-state index in [2.05, 4.69) is 10.4 Å². The van der Waals surface area contributed by atoms with Crippen LogP contribution in [-0.2, 0) is 17.1 Å². The molecule has 0 unspecified atom stereocenters. The summed E-state index contributed by atoms with van der Waals surface area (Å²) >= 11 is 1.37. The van der Waals surface area contributed by atoms with Crippen molar-refractivity contribution in [3.05, 3.63) is 40.4 Å². The van der Waals surface area contributed by atoms with Crippen molar-refractivity contribution in [2.75, 3.05) is 18.4 Å². The SMILES string of the molecule is Cc1ccc(NC(=O)c2cc3c(C)nn(C)c3s2)cc1S(=O)(=O)N1CCCCC1. The second-order valence-corrected chi connectivity index (χ2v) is 10.4. The fourth-order valence-corrected chi connectivity index (χ4v) is 6.50. The number of hydrogen-bond acceptors (Lipinski definition) is 5. The van der Waals surface area contributed by atoms with Crippen LogP contribution in [0.5, 0.6) is 0 Å². The topological polar surface area (TPSA) is 84.3 Å². The number of benzene rings is 1. The van der Waals surface area contributed by atoms with Gasteiger partial charge in [-0.05, 0) is 50.5 Å². The van der Waals surface area contributed by atoms with Crippen LogP contribution in [0.25, 0.3) is 10.2 Å². The number of sulfonamides is 1. The van der Waals surface area contributed by atoms with E-state index in [1.54, 1.807) is 34.1 Å². The summed E-state index contributed by atoms with van der Waals surface area (Å²) in [6.07, 6.45) is 2.83. The molecule has 0 aliphatic carbocycles. The maximum atomic E-state index is 13.1. The van der Waals surface area contributed by atoms with Crippen molar-refractivity contribution in [2.45, 2.75) is 38.0 Å². The summed E-state index contributed by atoms with van der Waals surface area (Å²) < 4.78 is 29.5. The molecular formula is C20H24N4O3S2. The van der Waals surface area contributed by atoms with Crippen LogP contribution in [0, 0.1) is 13.8 Å². The van der Waals surface area contributed by atoms with Crippen LogP contribution < -0.4 is 5.32 Å². The van der Waals surface area contributed by atoms with Crippen LogP contribution in [0.4, 0.5) is 5.69 Å². The van der Waals surface area contributed by atoms with Crippen molar-refractivity contribution < 1.29 is 13.2 Å². The molecule has 4 rings (SSSR count). The van der Waals surface area contributed by atoms with Gasteiger partial charge in [0.15, 0.2) is 0 Å². The lowest BCUT2D eigenvalue weighted by Crippen LogP contribution is -2.36. The van der Waals surface area contributed by atoms with Gasteiger partial charge >= 0.3 is 0 Å². The van der Waals surface area contributed by atoms with E-state index in [1.807, 2.05) is 20.0 Å². The first-order chi connectivity index (χ1) is 13.8. The van der Waals surface area contributed by atoms with Gasteiger partial charge in [0.2, 0.25) is 10.0 Å². The Kier molecular flexibility index (Phi) is 5.22. The quantitative estimate of drug-likeness (QED) is 0.682. The summed E-state index contributed by atoms with van der Waals surface area (Å²) in [5.41, 5.74) is 2.03. The van der Waals surface area contributed by atoms with Gasteiger partial charge in [-0.2, -0.15) is 9.40 Å². The van der Waals surface area contributed by atoms with Gasteiger partial charge in [0.1, 0.15) is 4.83 Å². The molecule has 7 nitrogen and oxygen atoms in total. The first-order valence-corrected chi connectivity index (χ1v) is 11.9. The highest BCUT2D eigenvalue weighted by molar-refractivity contribution is 7.89. The third-order valence-electron chi connectivity index (χ3n) is 5.30. The van der Waals surface area contributed by atoms with Crippen molar-refractivity contribution >= 4 is 43.2 Å². The second-order valence-electron chi connectivity index (χ2n) is 7.44. The Balaban J connectivity index is 1.61. The molecule has 29 heavy (non-hydrogen) atoms. The summed E-state index contributed by atoms with van der Waals surface area (Å²) in [6, 6.07) is 6.88. The Morgan fingerprint density at radius 2 is 1.86 bits per heavy atom. The van der Waals surface area contributed by atoms with E-state index in [0.717, 1.165) is 35.2 Å². The highest BCUT2D eigenvalue weighted by atomic mass is 32.2. The summed E-state index contributed by atoms with van der Waals surface area (Å²) in [4.78, 5) is 14.5. The molecule has 1 aromatic carbocycles. The van der Waals surface area contributed by atoms with Crippen molar-refractivity contribution in [3.8, 4) is 0 Å². The summed E-state index contributed by atoms with van der Waals surface area (Å²) in [6.45, 7) is 4.79. The Labute approximate surface area is 174 Å². The number of carbonyl (C=O) groups excluding carboxylic acids is 1. The Morgan fingerprint density at radius 3 is 2.55 bits per heavy atom. The molecule has 3 aromatic rings. The lowest BCUT2D eigenvalue weighted by atomic mass is 10.2. The van der Waals surface area contributed by atoms with Crippen LogP contribution in [0.3, 0.4) is 0 Å². The van der Waals surface area contributed by atoms with E-state index in [1.165, 1.54) is 11.3 Å². The third-order valence-corrected chi connectivity index (χ3v) is 8.54. The molecule has 1 aliphatic rings. The number of nitrogens with one attached hydrogen (secondary N) is 1. The number of thiophene rings is 1. The van der Waals surface area contributed by atoms with Gasteiger partial charge in [-0.15, -0.1) is 11.3 Å². The summed E-state index contributed by atoms with van der Waals surface area (Å²) in [5, 5.41) is 8.16. The summed E-state index contributed by atoms with van der Waals surface area (Å²) in [5.74, 6) is -0.254. The Bertz CT molecular complexity index is 1150. The largest absolute Gasteiger partial charge is 0.321 e. The average Bonchev–Trinajstić information content (AvgIpc) is 3.25. The number of carbonyl (C=O) groups is 1. The first kappa shape index (κ1) is 20.1. The molecule has 0 bridgehead atoms. The monoisotopic (exact) mass is 432 g/mol. The van der Waals surface area contributed by atoms with Crippen LogP contribution in [0.15, 0.2) is 29.2 Å². The number of aromatic nitrogens is 2. The van der Waals surface area contributed by atoms with Crippen molar-refractivity contribution in [2.24, 2.45) is 7.05 Å². The van der Waals surface area contributed by atoms with Crippen molar-refractivity contribution in [1.82, 2.24) is 14.1 Å². The molecule has 2 aromatic heterocycles. The molecule has 3 heterocycles. The zero-order valence-corrected chi connectivity index (χ0v) is 18.4. The van der Waals surface area contributed by atoms with Crippen LogP contribution in [0.2, 0.25) is 0 Å². The Hall–Kier alpha value is -2.23. The van der Waals surface area contributed by atoms with Crippen LogP contribution in [-0.4, -0.2) is 41.5 Å². The van der Waals surface area contributed by atoms with Gasteiger partial charge in [0, 0.05) is 31.2 Å². The van der Waals surface area contributed by atoms with Crippen LogP contribution in [0.1, 0.15) is 40.2 Å². The second kappa shape index (κ2) is 7.55. The number of amides is 1. The maximum absolute atomic E-state index is 13.1. The predicted octanol–water partition coefficient (Wildman–Crippen LogP) is 3.68.